The van der Waals surface area contributed by atoms with Crippen molar-refractivity contribution in [3.63, 3.8) is 0 Å². The standard InChI is InChI=1S/C14H17N3O3/c15-12-4-3-11(9-12)14(18)16-8-7-10-1-5-13(6-2-10)17(19)20/h1-6,11-12H,7-9,15H2,(H,16,18). The number of carbonyl (C=O) groups is 1. The van der Waals surface area contributed by atoms with E-state index < -0.39 is 4.92 Å². The zero-order valence-corrected chi connectivity index (χ0v) is 11.0. The predicted octanol–water partition coefficient (Wildman–Crippen LogP) is 1.16. The number of hydrogen-bond donors (Lipinski definition) is 2. The lowest BCUT2D eigenvalue weighted by atomic mass is 10.1. The highest BCUT2D eigenvalue weighted by Gasteiger charge is 2.21. The molecule has 0 saturated carbocycles. The second-order valence-electron chi connectivity index (χ2n) is 4.86. The summed E-state index contributed by atoms with van der Waals surface area (Å²) in [7, 11) is 0. The van der Waals surface area contributed by atoms with Crippen LogP contribution in [0.3, 0.4) is 0 Å². The summed E-state index contributed by atoms with van der Waals surface area (Å²) in [5, 5.41) is 13.4. The van der Waals surface area contributed by atoms with Crippen LogP contribution in [0.5, 0.6) is 0 Å². The van der Waals surface area contributed by atoms with Crippen LogP contribution in [0.4, 0.5) is 5.69 Å². The zero-order valence-electron chi connectivity index (χ0n) is 11.0. The molecule has 0 radical (unpaired) electrons. The molecule has 0 heterocycles. The van der Waals surface area contributed by atoms with Gasteiger partial charge in [-0.2, -0.15) is 0 Å². The van der Waals surface area contributed by atoms with E-state index in [2.05, 4.69) is 5.32 Å². The molecule has 6 nitrogen and oxygen atoms in total. The third kappa shape index (κ3) is 3.64. The number of rotatable bonds is 5. The van der Waals surface area contributed by atoms with E-state index in [0.29, 0.717) is 19.4 Å². The van der Waals surface area contributed by atoms with Gasteiger partial charge in [-0.25, -0.2) is 0 Å². The van der Waals surface area contributed by atoms with E-state index in [1.165, 1.54) is 12.1 Å². The molecule has 1 aromatic carbocycles. The number of nitro groups is 1. The molecule has 1 aliphatic rings. The Morgan fingerprint density at radius 2 is 2.05 bits per heavy atom. The van der Waals surface area contributed by atoms with Crippen molar-refractivity contribution in [2.45, 2.75) is 18.9 Å². The lowest BCUT2D eigenvalue weighted by Gasteiger charge is -2.10. The van der Waals surface area contributed by atoms with E-state index >= 15 is 0 Å². The van der Waals surface area contributed by atoms with Gasteiger partial charge in [0, 0.05) is 24.7 Å². The highest BCUT2D eigenvalue weighted by molar-refractivity contribution is 5.81. The number of hydrogen-bond acceptors (Lipinski definition) is 4. The van der Waals surface area contributed by atoms with Gasteiger partial charge < -0.3 is 11.1 Å². The molecule has 0 bridgehead atoms. The van der Waals surface area contributed by atoms with Crippen molar-refractivity contribution in [2.24, 2.45) is 11.7 Å². The van der Waals surface area contributed by atoms with Gasteiger partial charge in [-0.1, -0.05) is 24.3 Å². The number of non-ortho nitro benzene ring substituents is 1. The minimum atomic E-state index is -0.429. The first-order valence-electron chi connectivity index (χ1n) is 6.51. The number of nitrogens with two attached hydrogens (primary N) is 1. The molecule has 1 amide bonds. The molecule has 2 rings (SSSR count). The Balaban J connectivity index is 1.77. The molecule has 0 aliphatic heterocycles. The van der Waals surface area contributed by atoms with Gasteiger partial charge in [0.1, 0.15) is 0 Å². The average Bonchev–Trinajstić information content (AvgIpc) is 2.86. The van der Waals surface area contributed by atoms with E-state index in [1.54, 1.807) is 12.1 Å². The summed E-state index contributed by atoms with van der Waals surface area (Å²) in [5.74, 6) is -0.155. The lowest BCUT2D eigenvalue weighted by Crippen LogP contribution is -2.32. The van der Waals surface area contributed by atoms with E-state index in [-0.39, 0.29) is 23.6 Å². The van der Waals surface area contributed by atoms with Crippen LogP contribution in [0.1, 0.15) is 12.0 Å². The fourth-order valence-corrected chi connectivity index (χ4v) is 2.17. The summed E-state index contributed by atoms with van der Waals surface area (Å²) < 4.78 is 0. The van der Waals surface area contributed by atoms with Gasteiger partial charge in [0.2, 0.25) is 5.91 Å². The summed E-state index contributed by atoms with van der Waals surface area (Å²) in [5.41, 5.74) is 6.72. The minimum absolute atomic E-state index is 0.0175. The van der Waals surface area contributed by atoms with Crippen LogP contribution in [0.2, 0.25) is 0 Å². The Morgan fingerprint density at radius 3 is 2.60 bits per heavy atom. The van der Waals surface area contributed by atoms with Crippen LogP contribution in [-0.2, 0) is 11.2 Å². The summed E-state index contributed by atoms with van der Waals surface area (Å²) >= 11 is 0. The van der Waals surface area contributed by atoms with Gasteiger partial charge in [0.25, 0.3) is 5.69 Å². The molecule has 1 aliphatic carbocycles. The van der Waals surface area contributed by atoms with E-state index in [4.69, 9.17) is 5.73 Å². The minimum Gasteiger partial charge on any atom is -0.355 e. The van der Waals surface area contributed by atoms with Crippen LogP contribution >= 0.6 is 0 Å². The number of nitro benzene ring substituents is 1. The number of nitrogens with one attached hydrogen (secondary N) is 1. The number of nitrogens with zero attached hydrogens (tertiary/aromatic N) is 1. The number of benzene rings is 1. The monoisotopic (exact) mass is 275 g/mol. The van der Waals surface area contributed by atoms with E-state index in [9.17, 15) is 14.9 Å². The van der Waals surface area contributed by atoms with Gasteiger partial charge in [-0.15, -0.1) is 0 Å². The lowest BCUT2D eigenvalue weighted by molar-refractivity contribution is -0.384. The van der Waals surface area contributed by atoms with Crippen molar-refractivity contribution in [3.05, 3.63) is 52.1 Å². The SMILES string of the molecule is NC1C=CC(C(=O)NCCc2ccc([N+](=O)[O-])cc2)C1. The van der Waals surface area contributed by atoms with Gasteiger partial charge in [-0.3, -0.25) is 14.9 Å². The summed E-state index contributed by atoms with van der Waals surface area (Å²) in [6.45, 7) is 0.510. The maximum atomic E-state index is 11.8. The van der Waals surface area contributed by atoms with Crippen molar-refractivity contribution < 1.29 is 9.72 Å². The van der Waals surface area contributed by atoms with Gasteiger partial charge >= 0.3 is 0 Å². The molecule has 0 saturated heterocycles. The van der Waals surface area contributed by atoms with Gasteiger partial charge in [-0.05, 0) is 18.4 Å². The molecule has 0 spiro atoms. The molecule has 0 aromatic heterocycles. The molecule has 2 unspecified atom stereocenters. The number of amides is 1. The molecule has 2 atom stereocenters. The van der Waals surface area contributed by atoms with Crippen LogP contribution in [-0.4, -0.2) is 23.4 Å². The largest absolute Gasteiger partial charge is 0.355 e. The Labute approximate surface area is 116 Å². The number of carbonyl (C=O) groups excluding carboxylic acids is 1. The van der Waals surface area contributed by atoms with Crippen molar-refractivity contribution in [1.82, 2.24) is 5.32 Å². The fourth-order valence-electron chi connectivity index (χ4n) is 2.17. The van der Waals surface area contributed by atoms with Gasteiger partial charge in [0.05, 0.1) is 10.8 Å². The van der Waals surface area contributed by atoms with Crippen molar-refractivity contribution in [1.29, 1.82) is 0 Å². The summed E-state index contributed by atoms with van der Waals surface area (Å²) in [4.78, 5) is 21.9. The zero-order chi connectivity index (χ0) is 14.5. The third-order valence-corrected chi connectivity index (χ3v) is 3.31. The molecular formula is C14H17N3O3. The quantitative estimate of drug-likeness (QED) is 0.478. The molecule has 20 heavy (non-hydrogen) atoms. The average molecular weight is 275 g/mol. The van der Waals surface area contributed by atoms with Crippen LogP contribution < -0.4 is 11.1 Å². The van der Waals surface area contributed by atoms with Crippen LogP contribution in [0.25, 0.3) is 0 Å². The van der Waals surface area contributed by atoms with Crippen molar-refractivity contribution >= 4 is 11.6 Å². The topological polar surface area (TPSA) is 98.3 Å². The molecule has 3 N–H and O–H groups in total. The van der Waals surface area contributed by atoms with Crippen molar-refractivity contribution in [3.8, 4) is 0 Å². The first-order valence-corrected chi connectivity index (χ1v) is 6.51. The maximum absolute atomic E-state index is 11.8. The molecule has 1 aromatic rings. The second-order valence-corrected chi connectivity index (χ2v) is 4.86. The Kier molecular flexibility index (Phi) is 4.47. The first kappa shape index (κ1) is 14.2. The highest BCUT2D eigenvalue weighted by atomic mass is 16.6. The van der Waals surface area contributed by atoms with E-state index in [0.717, 1.165) is 5.56 Å². The normalized spacial score (nSPS) is 20.9. The Hall–Kier alpha value is -2.21. The molecular weight excluding hydrogens is 258 g/mol. The smallest absolute Gasteiger partial charge is 0.269 e. The predicted molar refractivity (Wildman–Crippen MR) is 75.0 cm³/mol. The van der Waals surface area contributed by atoms with Gasteiger partial charge in [0.15, 0.2) is 0 Å². The molecule has 6 heteroatoms. The van der Waals surface area contributed by atoms with Crippen LogP contribution in [0, 0.1) is 16.0 Å². The second kappa shape index (κ2) is 6.29. The molecule has 0 fully saturated rings. The third-order valence-electron chi connectivity index (χ3n) is 3.31. The first-order chi connectivity index (χ1) is 9.56. The fraction of sp³-hybridized carbons (Fsp3) is 0.357. The highest BCUT2D eigenvalue weighted by Crippen LogP contribution is 2.16. The Bertz CT molecular complexity index is 525. The summed E-state index contributed by atoms with van der Waals surface area (Å²) in [6, 6.07) is 6.32. The van der Waals surface area contributed by atoms with Crippen molar-refractivity contribution in [2.75, 3.05) is 6.54 Å². The Morgan fingerprint density at radius 1 is 1.35 bits per heavy atom. The summed E-state index contributed by atoms with van der Waals surface area (Å²) in [6.07, 6.45) is 4.99. The maximum Gasteiger partial charge on any atom is 0.269 e. The van der Waals surface area contributed by atoms with E-state index in [1.807, 2.05) is 12.2 Å². The molecule has 106 valence electrons. The van der Waals surface area contributed by atoms with Crippen LogP contribution in [0.15, 0.2) is 36.4 Å².